The topological polar surface area (TPSA) is 68.3 Å². The van der Waals surface area contributed by atoms with Gasteiger partial charge in [-0.05, 0) is 36.4 Å². The third-order valence-electron chi connectivity index (χ3n) is 3.42. The summed E-state index contributed by atoms with van der Waals surface area (Å²) in [5.41, 5.74) is 1.54. The van der Waals surface area contributed by atoms with Crippen LogP contribution in [0.2, 0.25) is 10.0 Å². The molecule has 0 fully saturated rings. The van der Waals surface area contributed by atoms with Gasteiger partial charge in [-0.25, -0.2) is 4.98 Å². The zero-order chi connectivity index (χ0) is 17.2. The number of halogens is 2. The largest absolute Gasteiger partial charge is 0.454 e. The minimum Gasteiger partial charge on any atom is -0.454 e. The molecular weight excluding hydrogens is 363 g/mol. The van der Waals surface area contributed by atoms with Crippen LogP contribution in [0.4, 0.5) is 23.1 Å². The van der Waals surface area contributed by atoms with E-state index in [0.29, 0.717) is 33.2 Å². The quantitative estimate of drug-likeness (QED) is 0.669. The fraction of sp³-hybridized carbons (Fsp3) is 0.0588. The molecule has 0 saturated carbocycles. The van der Waals surface area contributed by atoms with Crippen LogP contribution < -0.4 is 20.1 Å². The number of nitrogens with one attached hydrogen (secondary N) is 2. The van der Waals surface area contributed by atoms with Gasteiger partial charge in [0.05, 0.1) is 0 Å². The van der Waals surface area contributed by atoms with Crippen molar-refractivity contribution in [2.45, 2.75) is 0 Å². The van der Waals surface area contributed by atoms with Crippen molar-refractivity contribution in [1.29, 1.82) is 0 Å². The SMILES string of the molecule is Clc1cc(Cl)cc(Nc2nccc(Nc3ccc4c(c3)OCO4)n2)c1. The van der Waals surface area contributed by atoms with Gasteiger partial charge in [0.15, 0.2) is 11.5 Å². The van der Waals surface area contributed by atoms with Crippen molar-refractivity contribution in [3.63, 3.8) is 0 Å². The van der Waals surface area contributed by atoms with E-state index in [1.165, 1.54) is 0 Å². The maximum atomic E-state index is 6.00. The summed E-state index contributed by atoms with van der Waals surface area (Å²) >= 11 is 12.0. The predicted molar refractivity (Wildman–Crippen MR) is 97.6 cm³/mol. The average Bonchev–Trinajstić information content (AvgIpc) is 3.02. The Morgan fingerprint density at radius 1 is 0.840 bits per heavy atom. The highest BCUT2D eigenvalue weighted by Crippen LogP contribution is 2.35. The Morgan fingerprint density at radius 2 is 1.64 bits per heavy atom. The van der Waals surface area contributed by atoms with Gasteiger partial charge < -0.3 is 20.1 Å². The minimum atomic E-state index is 0.239. The van der Waals surface area contributed by atoms with Gasteiger partial charge in [0.25, 0.3) is 0 Å². The molecule has 1 aliphatic heterocycles. The van der Waals surface area contributed by atoms with Crippen LogP contribution in [-0.2, 0) is 0 Å². The molecule has 1 aromatic heterocycles. The Kier molecular flexibility index (Phi) is 4.21. The standard InChI is InChI=1S/C17H12Cl2N4O2/c18-10-5-11(19)7-13(6-10)22-17-20-4-3-16(23-17)21-12-1-2-14-15(8-12)25-9-24-14/h1-8H,9H2,(H2,20,21,22,23). The number of fused-ring (bicyclic) bond motifs is 1. The molecule has 0 aliphatic carbocycles. The monoisotopic (exact) mass is 374 g/mol. The summed E-state index contributed by atoms with van der Waals surface area (Å²) in [7, 11) is 0. The van der Waals surface area contributed by atoms with Gasteiger partial charge in [-0.2, -0.15) is 4.98 Å². The maximum Gasteiger partial charge on any atom is 0.231 e. The van der Waals surface area contributed by atoms with Crippen LogP contribution in [0.15, 0.2) is 48.7 Å². The molecule has 0 saturated heterocycles. The predicted octanol–water partition coefficient (Wildman–Crippen LogP) is 5.00. The molecule has 0 radical (unpaired) electrons. The third-order valence-corrected chi connectivity index (χ3v) is 3.86. The van der Waals surface area contributed by atoms with Crippen LogP contribution in [0.25, 0.3) is 0 Å². The highest BCUT2D eigenvalue weighted by molar-refractivity contribution is 6.35. The van der Waals surface area contributed by atoms with Crippen molar-refractivity contribution in [2.24, 2.45) is 0 Å². The second-order valence-corrected chi connectivity index (χ2v) is 6.11. The second-order valence-electron chi connectivity index (χ2n) is 5.24. The van der Waals surface area contributed by atoms with Gasteiger partial charge in [0.2, 0.25) is 12.7 Å². The second kappa shape index (κ2) is 6.66. The molecule has 2 aromatic carbocycles. The molecule has 3 aromatic rings. The number of ether oxygens (including phenoxy) is 2. The number of rotatable bonds is 4. The van der Waals surface area contributed by atoms with Gasteiger partial charge in [-0.15, -0.1) is 0 Å². The number of aromatic nitrogens is 2. The fourth-order valence-electron chi connectivity index (χ4n) is 2.37. The Hall–Kier alpha value is -2.70. The molecule has 0 unspecified atom stereocenters. The lowest BCUT2D eigenvalue weighted by molar-refractivity contribution is 0.174. The van der Waals surface area contributed by atoms with E-state index >= 15 is 0 Å². The van der Waals surface area contributed by atoms with Crippen molar-refractivity contribution in [3.05, 3.63) is 58.7 Å². The summed E-state index contributed by atoms with van der Waals surface area (Å²) < 4.78 is 10.7. The van der Waals surface area contributed by atoms with Crippen molar-refractivity contribution in [1.82, 2.24) is 9.97 Å². The van der Waals surface area contributed by atoms with E-state index in [1.807, 2.05) is 18.2 Å². The lowest BCUT2D eigenvalue weighted by atomic mass is 10.3. The van der Waals surface area contributed by atoms with Crippen LogP contribution in [0.1, 0.15) is 0 Å². The molecule has 0 amide bonds. The van der Waals surface area contributed by atoms with Crippen LogP contribution in [0, 0.1) is 0 Å². The van der Waals surface area contributed by atoms with Gasteiger partial charge in [0.1, 0.15) is 5.82 Å². The van der Waals surface area contributed by atoms with Crippen LogP contribution in [0.3, 0.4) is 0 Å². The average molecular weight is 375 g/mol. The Labute approximate surface area is 153 Å². The van der Waals surface area contributed by atoms with Crippen LogP contribution in [0.5, 0.6) is 11.5 Å². The van der Waals surface area contributed by atoms with Gasteiger partial charge in [0, 0.05) is 33.7 Å². The molecule has 2 heterocycles. The summed E-state index contributed by atoms with van der Waals surface area (Å²) in [6.07, 6.45) is 1.65. The third kappa shape index (κ3) is 3.70. The van der Waals surface area contributed by atoms with E-state index < -0.39 is 0 Å². The Bertz CT molecular complexity index is 916. The molecule has 0 spiro atoms. The molecule has 6 nitrogen and oxygen atoms in total. The number of anilines is 4. The first-order valence-corrected chi connectivity index (χ1v) is 8.14. The maximum absolute atomic E-state index is 6.00. The molecule has 0 atom stereocenters. The highest BCUT2D eigenvalue weighted by Gasteiger charge is 2.13. The summed E-state index contributed by atoms with van der Waals surface area (Å²) in [4.78, 5) is 8.63. The minimum absolute atomic E-state index is 0.239. The van der Waals surface area contributed by atoms with E-state index in [-0.39, 0.29) is 6.79 Å². The van der Waals surface area contributed by atoms with Crippen molar-refractivity contribution >= 4 is 46.3 Å². The smallest absolute Gasteiger partial charge is 0.231 e. The molecule has 126 valence electrons. The van der Waals surface area contributed by atoms with Gasteiger partial charge in [-0.3, -0.25) is 0 Å². The Morgan fingerprint density at radius 3 is 2.48 bits per heavy atom. The number of hydrogen-bond donors (Lipinski definition) is 2. The molecular formula is C17H12Cl2N4O2. The van der Waals surface area contributed by atoms with Crippen LogP contribution >= 0.6 is 23.2 Å². The first-order valence-electron chi connectivity index (χ1n) is 7.38. The summed E-state index contributed by atoms with van der Waals surface area (Å²) in [6, 6.07) is 12.5. The zero-order valence-electron chi connectivity index (χ0n) is 12.8. The molecule has 2 N–H and O–H groups in total. The number of nitrogens with zero attached hydrogens (tertiary/aromatic N) is 2. The Balaban J connectivity index is 1.53. The highest BCUT2D eigenvalue weighted by atomic mass is 35.5. The number of hydrogen-bond acceptors (Lipinski definition) is 6. The summed E-state index contributed by atoms with van der Waals surface area (Å²) in [5.74, 6) is 2.48. The molecule has 4 rings (SSSR count). The summed E-state index contributed by atoms with van der Waals surface area (Å²) in [5, 5.41) is 7.35. The molecule has 8 heteroatoms. The normalized spacial score (nSPS) is 12.1. The first-order chi connectivity index (χ1) is 12.2. The van der Waals surface area contributed by atoms with Crippen LogP contribution in [-0.4, -0.2) is 16.8 Å². The van der Waals surface area contributed by atoms with E-state index in [2.05, 4.69) is 20.6 Å². The zero-order valence-corrected chi connectivity index (χ0v) is 14.3. The lowest BCUT2D eigenvalue weighted by Gasteiger charge is -2.09. The van der Waals surface area contributed by atoms with Crippen molar-refractivity contribution in [3.8, 4) is 11.5 Å². The molecule has 1 aliphatic rings. The van der Waals surface area contributed by atoms with E-state index in [9.17, 15) is 0 Å². The molecule has 25 heavy (non-hydrogen) atoms. The van der Waals surface area contributed by atoms with E-state index in [1.54, 1.807) is 30.5 Å². The van der Waals surface area contributed by atoms with Gasteiger partial charge in [-0.1, -0.05) is 23.2 Å². The first kappa shape index (κ1) is 15.8. The number of benzene rings is 2. The van der Waals surface area contributed by atoms with Crippen molar-refractivity contribution in [2.75, 3.05) is 17.4 Å². The lowest BCUT2D eigenvalue weighted by Crippen LogP contribution is -2.00. The van der Waals surface area contributed by atoms with E-state index in [0.717, 1.165) is 11.4 Å². The van der Waals surface area contributed by atoms with E-state index in [4.69, 9.17) is 32.7 Å². The summed E-state index contributed by atoms with van der Waals surface area (Å²) in [6.45, 7) is 0.239. The molecule has 0 bridgehead atoms. The van der Waals surface area contributed by atoms with Crippen molar-refractivity contribution < 1.29 is 9.47 Å². The van der Waals surface area contributed by atoms with Gasteiger partial charge >= 0.3 is 0 Å². The fourth-order valence-corrected chi connectivity index (χ4v) is 2.89.